The maximum Gasteiger partial charge on any atom is 0.172 e. The molecule has 0 unspecified atom stereocenters. The van der Waals surface area contributed by atoms with E-state index in [-0.39, 0.29) is 0 Å². The predicted molar refractivity (Wildman–Crippen MR) is 95.6 cm³/mol. The van der Waals surface area contributed by atoms with Gasteiger partial charge in [0.25, 0.3) is 0 Å². The van der Waals surface area contributed by atoms with E-state index in [9.17, 15) is 0 Å². The molecule has 0 amide bonds. The van der Waals surface area contributed by atoms with E-state index in [4.69, 9.17) is 12.2 Å². The van der Waals surface area contributed by atoms with E-state index < -0.39 is 0 Å². The van der Waals surface area contributed by atoms with Crippen LogP contribution in [0.3, 0.4) is 0 Å². The fourth-order valence-corrected chi connectivity index (χ4v) is 2.32. The Balaban J connectivity index is 1.54. The summed E-state index contributed by atoms with van der Waals surface area (Å²) in [7, 11) is 0. The second kappa shape index (κ2) is 7.02. The van der Waals surface area contributed by atoms with E-state index in [1.165, 1.54) is 0 Å². The van der Waals surface area contributed by atoms with Crippen LogP contribution in [0, 0.1) is 6.92 Å². The van der Waals surface area contributed by atoms with Crippen molar-refractivity contribution >= 4 is 23.1 Å². The highest BCUT2D eigenvalue weighted by Gasteiger charge is 2.00. The minimum Gasteiger partial charge on any atom is -0.358 e. The molecule has 0 atom stereocenters. The number of anilines is 1. The maximum atomic E-state index is 5.29. The van der Waals surface area contributed by atoms with Crippen LogP contribution in [0.5, 0.6) is 0 Å². The van der Waals surface area contributed by atoms with Crippen molar-refractivity contribution in [2.75, 3.05) is 5.32 Å². The molecular formula is C17H17N5S. The van der Waals surface area contributed by atoms with Gasteiger partial charge in [-0.1, -0.05) is 12.1 Å². The highest BCUT2D eigenvalue weighted by Crippen LogP contribution is 2.09. The van der Waals surface area contributed by atoms with E-state index in [0.717, 1.165) is 22.6 Å². The van der Waals surface area contributed by atoms with Gasteiger partial charge in [0, 0.05) is 30.8 Å². The van der Waals surface area contributed by atoms with E-state index in [1.807, 2.05) is 29.8 Å². The zero-order chi connectivity index (χ0) is 16.1. The summed E-state index contributed by atoms with van der Waals surface area (Å²) in [5, 5.41) is 6.82. The Bertz CT molecular complexity index is 781. The Morgan fingerprint density at radius 3 is 2.70 bits per heavy atom. The lowest BCUT2D eigenvalue weighted by molar-refractivity contribution is 0.922. The number of benzene rings is 1. The van der Waals surface area contributed by atoms with Gasteiger partial charge in [0.05, 0.1) is 6.33 Å². The summed E-state index contributed by atoms with van der Waals surface area (Å²) in [5.41, 5.74) is 3.37. The molecule has 23 heavy (non-hydrogen) atoms. The summed E-state index contributed by atoms with van der Waals surface area (Å²) < 4.78 is 1.97. The van der Waals surface area contributed by atoms with Gasteiger partial charge in [-0.3, -0.25) is 0 Å². The van der Waals surface area contributed by atoms with Crippen molar-refractivity contribution in [1.82, 2.24) is 19.9 Å². The van der Waals surface area contributed by atoms with Gasteiger partial charge in [-0.05, 0) is 54.5 Å². The molecule has 6 heteroatoms. The van der Waals surface area contributed by atoms with Gasteiger partial charge in [-0.25, -0.2) is 9.97 Å². The molecule has 2 heterocycles. The van der Waals surface area contributed by atoms with Crippen molar-refractivity contribution < 1.29 is 0 Å². The van der Waals surface area contributed by atoms with E-state index in [2.05, 4.69) is 44.9 Å². The Morgan fingerprint density at radius 1 is 1.17 bits per heavy atom. The van der Waals surface area contributed by atoms with Gasteiger partial charge in [-0.15, -0.1) is 0 Å². The van der Waals surface area contributed by atoms with E-state index in [1.54, 1.807) is 18.7 Å². The fraction of sp³-hybridized carbons (Fsp3) is 0.118. The first-order valence-electron chi connectivity index (χ1n) is 7.25. The average Bonchev–Trinajstić information content (AvgIpc) is 3.08. The lowest BCUT2D eigenvalue weighted by Crippen LogP contribution is -2.28. The lowest BCUT2D eigenvalue weighted by atomic mass is 10.2. The van der Waals surface area contributed by atoms with Crippen molar-refractivity contribution in [3.8, 4) is 5.69 Å². The Kier molecular flexibility index (Phi) is 4.63. The van der Waals surface area contributed by atoms with Crippen LogP contribution in [-0.4, -0.2) is 19.6 Å². The molecule has 116 valence electrons. The number of hydrogen-bond donors (Lipinski definition) is 2. The Morgan fingerprint density at radius 2 is 2.00 bits per heavy atom. The molecule has 5 nitrogen and oxygen atoms in total. The Labute approximate surface area is 140 Å². The van der Waals surface area contributed by atoms with Crippen LogP contribution in [0.1, 0.15) is 11.1 Å². The van der Waals surface area contributed by atoms with Gasteiger partial charge < -0.3 is 15.2 Å². The second-order valence-electron chi connectivity index (χ2n) is 5.16. The van der Waals surface area contributed by atoms with E-state index >= 15 is 0 Å². The molecule has 2 aromatic heterocycles. The second-order valence-corrected chi connectivity index (χ2v) is 5.57. The maximum absolute atomic E-state index is 5.29. The highest BCUT2D eigenvalue weighted by atomic mass is 32.1. The molecule has 0 saturated carbocycles. The smallest absolute Gasteiger partial charge is 0.172 e. The van der Waals surface area contributed by atoms with Gasteiger partial charge in [0.15, 0.2) is 5.11 Å². The summed E-state index contributed by atoms with van der Waals surface area (Å²) in [6, 6.07) is 12.1. The predicted octanol–water partition coefficient (Wildman–Crippen LogP) is 3.06. The van der Waals surface area contributed by atoms with Crippen molar-refractivity contribution in [3.63, 3.8) is 0 Å². The number of aryl methyl sites for hydroxylation is 1. The van der Waals surface area contributed by atoms with Crippen LogP contribution in [0.2, 0.25) is 0 Å². The SMILES string of the molecule is Cc1ccnc(NC(=S)NCc2ccc(-n3ccnc3)cc2)c1. The van der Waals surface area contributed by atoms with Crippen molar-refractivity contribution in [2.24, 2.45) is 0 Å². The lowest BCUT2D eigenvalue weighted by Gasteiger charge is -2.11. The van der Waals surface area contributed by atoms with Crippen LogP contribution in [0.4, 0.5) is 5.82 Å². The van der Waals surface area contributed by atoms with Crippen molar-refractivity contribution in [2.45, 2.75) is 13.5 Å². The van der Waals surface area contributed by atoms with Gasteiger partial charge >= 0.3 is 0 Å². The molecule has 0 saturated heterocycles. The summed E-state index contributed by atoms with van der Waals surface area (Å²) in [6.07, 6.45) is 7.22. The molecule has 0 radical (unpaired) electrons. The molecule has 2 N–H and O–H groups in total. The van der Waals surface area contributed by atoms with E-state index in [0.29, 0.717) is 11.7 Å². The van der Waals surface area contributed by atoms with Crippen LogP contribution in [0.25, 0.3) is 5.69 Å². The highest BCUT2D eigenvalue weighted by molar-refractivity contribution is 7.80. The normalized spacial score (nSPS) is 10.3. The summed E-state index contributed by atoms with van der Waals surface area (Å²) >= 11 is 5.29. The van der Waals surface area contributed by atoms with Gasteiger partial charge in [0.1, 0.15) is 5.82 Å². The quantitative estimate of drug-likeness (QED) is 0.723. The summed E-state index contributed by atoms with van der Waals surface area (Å²) in [4.78, 5) is 8.27. The van der Waals surface area contributed by atoms with Crippen LogP contribution < -0.4 is 10.6 Å². The fourth-order valence-electron chi connectivity index (χ4n) is 2.15. The molecule has 0 aliphatic carbocycles. The van der Waals surface area contributed by atoms with Crippen molar-refractivity contribution in [1.29, 1.82) is 0 Å². The number of rotatable bonds is 4. The molecule has 0 aliphatic rings. The third kappa shape index (κ3) is 4.14. The first-order chi connectivity index (χ1) is 11.2. The zero-order valence-electron chi connectivity index (χ0n) is 12.7. The van der Waals surface area contributed by atoms with Crippen LogP contribution in [0.15, 0.2) is 61.3 Å². The topological polar surface area (TPSA) is 54.8 Å². The molecule has 0 fully saturated rings. The zero-order valence-corrected chi connectivity index (χ0v) is 13.5. The molecule has 0 spiro atoms. The largest absolute Gasteiger partial charge is 0.358 e. The van der Waals surface area contributed by atoms with Crippen molar-refractivity contribution in [3.05, 3.63) is 72.4 Å². The molecule has 0 aliphatic heterocycles. The molecule has 1 aromatic carbocycles. The number of nitrogens with one attached hydrogen (secondary N) is 2. The minimum atomic E-state index is 0.557. The number of pyridine rings is 1. The third-order valence-electron chi connectivity index (χ3n) is 3.35. The summed E-state index contributed by atoms with van der Waals surface area (Å²) in [6.45, 7) is 2.67. The molecule has 3 rings (SSSR count). The number of imidazole rings is 1. The first kappa shape index (κ1) is 15.2. The number of nitrogens with zero attached hydrogens (tertiary/aromatic N) is 3. The number of hydrogen-bond acceptors (Lipinski definition) is 3. The minimum absolute atomic E-state index is 0.557. The molecule has 3 aromatic rings. The van der Waals surface area contributed by atoms with Crippen LogP contribution in [-0.2, 0) is 6.54 Å². The van der Waals surface area contributed by atoms with Crippen LogP contribution >= 0.6 is 12.2 Å². The molecular weight excluding hydrogens is 306 g/mol. The standard InChI is InChI=1S/C17H17N5S/c1-13-6-7-19-16(10-13)21-17(23)20-11-14-2-4-15(5-3-14)22-9-8-18-12-22/h2-10,12H,11H2,1H3,(H2,19,20,21,23). The van der Waals surface area contributed by atoms with Gasteiger partial charge in [-0.2, -0.15) is 0 Å². The monoisotopic (exact) mass is 323 g/mol. The summed E-state index contributed by atoms with van der Waals surface area (Å²) in [5.74, 6) is 0.748. The Hall–Kier alpha value is -2.73. The van der Waals surface area contributed by atoms with Gasteiger partial charge in [0.2, 0.25) is 0 Å². The average molecular weight is 323 g/mol. The first-order valence-corrected chi connectivity index (χ1v) is 7.66. The third-order valence-corrected chi connectivity index (χ3v) is 3.60. The number of thiocarbonyl (C=S) groups is 1. The number of aromatic nitrogens is 3. The molecule has 0 bridgehead atoms.